The van der Waals surface area contributed by atoms with E-state index in [1.54, 1.807) is 30.3 Å². The first kappa shape index (κ1) is 29.2. The van der Waals surface area contributed by atoms with Gasteiger partial charge in [-0.05, 0) is 6.92 Å². The first-order chi connectivity index (χ1) is 19.5. The Morgan fingerprint density at radius 2 is 1.46 bits per heavy atom. The van der Waals surface area contributed by atoms with Crippen LogP contribution in [0.5, 0.6) is 17.2 Å². The molecule has 0 unspecified atom stereocenters. The van der Waals surface area contributed by atoms with Crippen LogP contribution in [0.15, 0.2) is 51.7 Å². The monoisotopic (exact) mass is 578 g/mol. The molecule has 0 radical (unpaired) electrons. The number of phenols is 2. The summed E-state index contributed by atoms with van der Waals surface area (Å²) in [4.78, 5) is 13.5. The van der Waals surface area contributed by atoms with Gasteiger partial charge in [0.05, 0.1) is 12.7 Å². The van der Waals surface area contributed by atoms with E-state index in [1.165, 1.54) is 6.92 Å². The van der Waals surface area contributed by atoms with Gasteiger partial charge in [0.25, 0.3) is 0 Å². The lowest BCUT2D eigenvalue weighted by Crippen LogP contribution is -2.61. The van der Waals surface area contributed by atoms with E-state index in [9.17, 15) is 45.6 Å². The SMILES string of the molecule is C[C@@H]1O[C@@H](OC[C@H]2O[C@H](Oc3c(-c4ccccc4)oc4cc(O)cc(O)c4c3=O)[C@H](O)[C@H](O)[C@@H]2O)[C@H](O)[C@@H](O)[C@H]1O. The number of rotatable bonds is 6. The maximum atomic E-state index is 13.5. The highest BCUT2D eigenvalue weighted by molar-refractivity contribution is 5.88. The number of aromatic hydroxyl groups is 2. The van der Waals surface area contributed by atoms with Crippen molar-refractivity contribution in [3.8, 4) is 28.6 Å². The van der Waals surface area contributed by atoms with Gasteiger partial charge >= 0.3 is 0 Å². The Bertz CT molecular complexity index is 1430. The third kappa shape index (κ3) is 5.49. The lowest BCUT2D eigenvalue weighted by Gasteiger charge is -2.42. The summed E-state index contributed by atoms with van der Waals surface area (Å²) < 4.78 is 28.1. The summed E-state index contributed by atoms with van der Waals surface area (Å²) in [7, 11) is 0. The Hall–Kier alpha value is -3.31. The quantitative estimate of drug-likeness (QED) is 0.174. The average Bonchev–Trinajstić information content (AvgIpc) is 2.95. The second-order valence-electron chi connectivity index (χ2n) is 9.94. The van der Waals surface area contributed by atoms with Crippen molar-refractivity contribution in [3.05, 3.63) is 52.7 Å². The van der Waals surface area contributed by atoms with E-state index >= 15 is 0 Å². The fourth-order valence-electron chi connectivity index (χ4n) is 4.76. The van der Waals surface area contributed by atoms with Crippen LogP contribution >= 0.6 is 0 Å². The molecule has 2 aliphatic rings. The minimum Gasteiger partial charge on any atom is -0.508 e. The number of aliphatic hydroxyl groups excluding tert-OH is 6. The third-order valence-corrected chi connectivity index (χ3v) is 7.09. The van der Waals surface area contributed by atoms with E-state index < -0.39 is 84.9 Å². The summed E-state index contributed by atoms with van der Waals surface area (Å²) in [6, 6.07) is 10.3. The fourth-order valence-corrected chi connectivity index (χ4v) is 4.76. The van der Waals surface area contributed by atoms with E-state index in [4.69, 9.17) is 23.4 Å². The lowest BCUT2D eigenvalue weighted by molar-refractivity contribution is -0.318. The summed E-state index contributed by atoms with van der Waals surface area (Å²) in [5.41, 5.74) is -0.682. The molecular weight excluding hydrogens is 548 g/mol. The Morgan fingerprint density at radius 3 is 2.17 bits per heavy atom. The topological polar surface area (TPSA) is 229 Å². The maximum absolute atomic E-state index is 13.5. The Labute approximate surface area is 231 Å². The van der Waals surface area contributed by atoms with Gasteiger partial charge < -0.3 is 64.2 Å². The summed E-state index contributed by atoms with van der Waals surface area (Å²) in [6.45, 7) is 0.907. The summed E-state index contributed by atoms with van der Waals surface area (Å²) >= 11 is 0. The van der Waals surface area contributed by atoms with Gasteiger partial charge in [0.1, 0.15) is 65.2 Å². The Kier molecular flexibility index (Phi) is 8.20. The van der Waals surface area contributed by atoms with Crippen molar-refractivity contribution in [1.82, 2.24) is 0 Å². The number of hydrogen-bond acceptors (Lipinski definition) is 14. The molecule has 2 aromatic carbocycles. The smallest absolute Gasteiger partial charge is 0.239 e. The minimum absolute atomic E-state index is 0.141. The predicted octanol–water partition coefficient (Wildman–Crippen LogP) is -1.10. The van der Waals surface area contributed by atoms with Crippen LogP contribution in [0.2, 0.25) is 0 Å². The van der Waals surface area contributed by atoms with Crippen LogP contribution in [0.4, 0.5) is 0 Å². The molecule has 2 aliphatic heterocycles. The van der Waals surface area contributed by atoms with Gasteiger partial charge in [-0.15, -0.1) is 0 Å². The van der Waals surface area contributed by atoms with Crippen molar-refractivity contribution in [2.75, 3.05) is 6.61 Å². The summed E-state index contributed by atoms with van der Waals surface area (Å²) in [5, 5.41) is 81.7. The number of ether oxygens (including phenoxy) is 4. The molecule has 10 atom stereocenters. The second-order valence-corrected chi connectivity index (χ2v) is 9.94. The van der Waals surface area contributed by atoms with Crippen molar-refractivity contribution in [2.45, 2.75) is 68.3 Å². The number of benzene rings is 2. The molecule has 1 aromatic heterocycles. The normalized spacial score (nSPS) is 34.0. The van der Waals surface area contributed by atoms with Gasteiger partial charge in [-0.2, -0.15) is 0 Å². The van der Waals surface area contributed by atoms with Gasteiger partial charge in [-0.3, -0.25) is 4.79 Å². The van der Waals surface area contributed by atoms with Crippen molar-refractivity contribution in [3.63, 3.8) is 0 Å². The number of phenolic OH excluding ortho intramolecular Hbond substituents is 2. The number of aliphatic hydroxyl groups is 6. The average molecular weight is 579 g/mol. The van der Waals surface area contributed by atoms with Crippen LogP contribution in [-0.4, -0.2) is 109 Å². The van der Waals surface area contributed by atoms with Gasteiger partial charge in [0.15, 0.2) is 12.1 Å². The van der Waals surface area contributed by atoms with E-state index in [0.717, 1.165) is 12.1 Å². The molecule has 0 aliphatic carbocycles. The molecular formula is C27H30O14. The van der Waals surface area contributed by atoms with Crippen LogP contribution in [0.1, 0.15) is 6.92 Å². The zero-order chi connectivity index (χ0) is 29.6. The molecule has 2 fully saturated rings. The van der Waals surface area contributed by atoms with Gasteiger partial charge in [-0.25, -0.2) is 0 Å². The van der Waals surface area contributed by atoms with E-state index in [2.05, 4.69) is 0 Å². The molecule has 14 nitrogen and oxygen atoms in total. The van der Waals surface area contributed by atoms with Gasteiger partial charge in [-0.1, -0.05) is 30.3 Å². The van der Waals surface area contributed by atoms with Crippen molar-refractivity contribution < 1.29 is 64.2 Å². The molecule has 2 saturated heterocycles. The maximum Gasteiger partial charge on any atom is 0.239 e. The lowest BCUT2D eigenvalue weighted by atomic mass is 9.98. The number of hydrogen-bond donors (Lipinski definition) is 8. The number of fused-ring (bicyclic) bond motifs is 1. The van der Waals surface area contributed by atoms with Crippen LogP contribution in [0, 0.1) is 0 Å². The molecule has 41 heavy (non-hydrogen) atoms. The molecule has 14 heteroatoms. The molecule has 3 heterocycles. The summed E-state index contributed by atoms with van der Waals surface area (Å²) in [6.07, 6.45) is -15.5. The van der Waals surface area contributed by atoms with Crippen LogP contribution in [-0.2, 0) is 14.2 Å². The zero-order valence-electron chi connectivity index (χ0n) is 21.5. The van der Waals surface area contributed by atoms with E-state index in [1.807, 2.05) is 0 Å². The van der Waals surface area contributed by atoms with Crippen molar-refractivity contribution in [1.29, 1.82) is 0 Å². The van der Waals surface area contributed by atoms with Gasteiger partial charge in [0, 0.05) is 17.7 Å². The third-order valence-electron chi connectivity index (χ3n) is 7.09. The molecule has 0 saturated carbocycles. The fraction of sp³-hybridized carbons (Fsp3) is 0.444. The highest BCUT2D eigenvalue weighted by atomic mass is 16.7. The molecule has 3 aromatic rings. The predicted molar refractivity (Wildman–Crippen MR) is 137 cm³/mol. The molecule has 0 bridgehead atoms. The van der Waals surface area contributed by atoms with Crippen molar-refractivity contribution in [2.24, 2.45) is 0 Å². The molecule has 222 valence electrons. The van der Waals surface area contributed by atoms with E-state index in [0.29, 0.717) is 5.56 Å². The zero-order valence-corrected chi connectivity index (χ0v) is 21.5. The van der Waals surface area contributed by atoms with Gasteiger partial charge in [0.2, 0.25) is 17.5 Å². The van der Waals surface area contributed by atoms with Crippen LogP contribution < -0.4 is 10.2 Å². The largest absolute Gasteiger partial charge is 0.508 e. The van der Waals surface area contributed by atoms with Crippen LogP contribution in [0.3, 0.4) is 0 Å². The van der Waals surface area contributed by atoms with E-state index in [-0.39, 0.29) is 22.5 Å². The molecule has 0 amide bonds. The van der Waals surface area contributed by atoms with Crippen LogP contribution in [0.25, 0.3) is 22.3 Å². The highest BCUT2D eigenvalue weighted by Gasteiger charge is 2.47. The summed E-state index contributed by atoms with van der Waals surface area (Å²) in [5.74, 6) is -1.61. The Morgan fingerprint density at radius 1 is 0.805 bits per heavy atom. The molecule has 0 spiro atoms. The molecule has 5 rings (SSSR count). The minimum atomic E-state index is -1.87. The first-order valence-corrected chi connectivity index (χ1v) is 12.7. The highest BCUT2D eigenvalue weighted by Crippen LogP contribution is 2.37. The first-order valence-electron chi connectivity index (χ1n) is 12.7. The second kappa shape index (κ2) is 11.5. The molecule has 8 N–H and O–H groups in total. The van der Waals surface area contributed by atoms with Crippen molar-refractivity contribution >= 4 is 11.0 Å². The Balaban J connectivity index is 1.45. The standard InChI is InChI=1S/C27H30O14/c1-10-17(30)20(33)22(35)26(38-10)37-9-15-18(31)21(34)23(36)27(40-15)41-25-19(32)16-13(29)7-12(28)8-14(16)39-24(25)11-5-3-2-4-6-11/h2-8,10,15,17-18,20-23,26-31,33-36H,9H2,1H3/t10-,15+,17-,18+,20-,21+,22+,23+,26+,27+/m0/s1.